The molecule has 0 saturated carbocycles. The summed E-state index contributed by atoms with van der Waals surface area (Å²) in [5.74, 6) is -0.553. The number of alkyl carbamates (subject to hydrolysis) is 1. The Kier molecular flexibility index (Phi) is 7.29. The average molecular weight is 372 g/mol. The Morgan fingerprint density at radius 2 is 1.50 bits per heavy atom. The lowest BCUT2D eigenvalue weighted by atomic mass is 9.93. The monoisotopic (exact) mass is 372 g/mol. The molecule has 26 heavy (non-hydrogen) atoms. The van der Waals surface area contributed by atoms with Crippen molar-refractivity contribution in [3.8, 4) is 0 Å². The number of carbonyl (C=O) groups excluding carboxylic acids is 3. The third-order valence-electron chi connectivity index (χ3n) is 3.79. The van der Waals surface area contributed by atoms with Crippen molar-refractivity contribution < 1.29 is 28.6 Å². The Morgan fingerprint density at radius 3 is 2.00 bits per heavy atom. The summed E-state index contributed by atoms with van der Waals surface area (Å²) in [7, 11) is 1.33. The van der Waals surface area contributed by atoms with Gasteiger partial charge in [-0.25, -0.2) is 9.59 Å². The summed E-state index contributed by atoms with van der Waals surface area (Å²) < 4.78 is 15.4. The van der Waals surface area contributed by atoms with E-state index < -0.39 is 23.4 Å². The summed E-state index contributed by atoms with van der Waals surface area (Å²) in [6.45, 7) is 11.8. The molecule has 2 atom stereocenters. The largest absolute Gasteiger partial charge is 0.469 e. The lowest BCUT2D eigenvalue weighted by molar-refractivity contribution is -0.141. The average Bonchev–Trinajstić information content (AvgIpc) is 2.84. The van der Waals surface area contributed by atoms with Gasteiger partial charge in [0, 0.05) is 19.6 Å². The fourth-order valence-corrected chi connectivity index (χ4v) is 2.70. The number of nitrogens with zero attached hydrogens (tertiary/aromatic N) is 1. The van der Waals surface area contributed by atoms with Crippen LogP contribution in [-0.4, -0.2) is 61.0 Å². The van der Waals surface area contributed by atoms with Gasteiger partial charge in [-0.2, -0.15) is 0 Å². The van der Waals surface area contributed by atoms with Crippen LogP contribution >= 0.6 is 0 Å². The second kappa shape index (κ2) is 8.60. The van der Waals surface area contributed by atoms with Gasteiger partial charge < -0.3 is 24.4 Å². The Balaban J connectivity index is 2.70. The molecule has 150 valence electrons. The fourth-order valence-electron chi connectivity index (χ4n) is 2.70. The number of nitrogens with one attached hydrogen (secondary N) is 1. The van der Waals surface area contributed by atoms with Gasteiger partial charge in [-0.15, -0.1) is 0 Å². The molecule has 1 fully saturated rings. The number of hydrogen-bond acceptors (Lipinski definition) is 6. The number of rotatable bonds is 4. The third kappa shape index (κ3) is 7.93. The number of carbonyl (C=O) groups is 3. The molecule has 1 N–H and O–H groups in total. The van der Waals surface area contributed by atoms with Crippen molar-refractivity contribution in [2.75, 3.05) is 26.7 Å². The van der Waals surface area contributed by atoms with Crippen LogP contribution < -0.4 is 5.32 Å². The normalized spacial score (nSPS) is 20.5. The predicted molar refractivity (Wildman–Crippen MR) is 95.7 cm³/mol. The molecule has 0 bridgehead atoms. The molecule has 0 aromatic heterocycles. The van der Waals surface area contributed by atoms with Crippen molar-refractivity contribution in [3.63, 3.8) is 0 Å². The van der Waals surface area contributed by atoms with Crippen molar-refractivity contribution in [3.05, 3.63) is 0 Å². The van der Waals surface area contributed by atoms with E-state index in [1.54, 1.807) is 46.4 Å². The van der Waals surface area contributed by atoms with E-state index in [0.717, 1.165) is 0 Å². The van der Waals surface area contributed by atoms with Crippen LogP contribution in [0.1, 0.15) is 48.0 Å². The van der Waals surface area contributed by atoms with E-state index in [9.17, 15) is 14.4 Å². The van der Waals surface area contributed by atoms with Gasteiger partial charge in [-0.1, -0.05) is 0 Å². The SMILES string of the molecule is COC(=O)CC1CN(C(=O)OC(C)(C)C)CC1CNC(=O)OC(C)(C)C. The first-order chi connectivity index (χ1) is 11.8. The number of ether oxygens (including phenoxy) is 3. The van der Waals surface area contributed by atoms with Gasteiger partial charge >= 0.3 is 18.2 Å². The van der Waals surface area contributed by atoms with Crippen molar-refractivity contribution in [2.45, 2.75) is 59.2 Å². The van der Waals surface area contributed by atoms with Gasteiger partial charge in [0.2, 0.25) is 0 Å². The Bertz CT molecular complexity index is 521. The van der Waals surface area contributed by atoms with Gasteiger partial charge in [0.15, 0.2) is 0 Å². The van der Waals surface area contributed by atoms with E-state index in [1.807, 2.05) is 0 Å². The molecule has 8 nitrogen and oxygen atoms in total. The number of hydrogen-bond donors (Lipinski definition) is 1. The molecule has 0 radical (unpaired) electrons. The van der Waals surface area contributed by atoms with Crippen LogP contribution in [0.25, 0.3) is 0 Å². The Labute approximate surface area is 155 Å². The smallest absolute Gasteiger partial charge is 0.410 e. The topological polar surface area (TPSA) is 94.2 Å². The summed E-state index contributed by atoms with van der Waals surface area (Å²) in [6.07, 6.45) is -0.770. The molecule has 2 amide bonds. The molecule has 1 aliphatic heterocycles. The summed E-state index contributed by atoms with van der Waals surface area (Å²) in [4.78, 5) is 37.4. The van der Waals surface area contributed by atoms with Crippen LogP contribution in [0.2, 0.25) is 0 Å². The van der Waals surface area contributed by atoms with Crippen molar-refractivity contribution >= 4 is 18.2 Å². The second-order valence-corrected chi connectivity index (χ2v) is 8.57. The minimum Gasteiger partial charge on any atom is -0.469 e. The minimum absolute atomic E-state index is 0.0888. The van der Waals surface area contributed by atoms with E-state index in [1.165, 1.54) is 7.11 Å². The van der Waals surface area contributed by atoms with Crippen molar-refractivity contribution in [1.82, 2.24) is 10.2 Å². The van der Waals surface area contributed by atoms with Gasteiger partial charge in [0.05, 0.1) is 13.5 Å². The number of likely N-dealkylation sites (tertiary alicyclic amines) is 1. The molecule has 1 rings (SSSR count). The van der Waals surface area contributed by atoms with Gasteiger partial charge in [0.25, 0.3) is 0 Å². The number of methoxy groups -OCH3 is 1. The summed E-state index contributed by atoms with van der Waals surface area (Å²) in [5.41, 5.74) is -1.19. The maximum Gasteiger partial charge on any atom is 0.410 e. The zero-order valence-corrected chi connectivity index (χ0v) is 16.9. The van der Waals surface area contributed by atoms with Crippen LogP contribution in [0.5, 0.6) is 0 Å². The zero-order chi connectivity index (χ0) is 20.1. The molecule has 1 aliphatic rings. The van der Waals surface area contributed by atoms with E-state index in [4.69, 9.17) is 14.2 Å². The molecule has 0 aromatic carbocycles. The molecule has 0 aliphatic carbocycles. The highest BCUT2D eigenvalue weighted by Gasteiger charge is 2.38. The highest BCUT2D eigenvalue weighted by atomic mass is 16.6. The molecule has 1 saturated heterocycles. The lowest BCUT2D eigenvalue weighted by Crippen LogP contribution is -2.38. The second-order valence-electron chi connectivity index (χ2n) is 8.57. The molecule has 8 heteroatoms. The van der Waals surface area contributed by atoms with Crippen LogP contribution in [0.15, 0.2) is 0 Å². The summed E-state index contributed by atoms with van der Waals surface area (Å²) >= 11 is 0. The van der Waals surface area contributed by atoms with Crippen LogP contribution in [-0.2, 0) is 19.0 Å². The highest BCUT2D eigenvalue weighted by Crippen LogP contribution is 2.28. The maximum atomic E-state index is 12.3. The molecule has 0 spiro atoms. The Hall–Kier alpha value is -1.99. The van der Waals surface area contributed by atoms with E-state index >= 15 is 0 Å². The van der Waals surface area contributed by atoms with Gasteiger partial charge in [-0.05, 0) is 53.4 Å². The molecule has 0 aromatic rings. The lowest BCUT2D eigenvalue weighted by Gasteiger charge is -2.24. The number of esters is 1. The van der Waals surface area contributed by atoms with Crippen LogP contribution in [0.3, 0.4) is 0 Å². The van der Waals surface area contributed by atoms with Gasteiger partial charge in [0.1, 0.15) is 11.2 Å². The number of amides is 2. The summed E-state index contributed by atoms with van der Waals surface area (Å²) in [5, 5.41) is 2.72. The molecule has 1 heterocycles. The van der Waals surface area contributed by atoms with E-state index in [2.05, 4.69) is 5.32 Å². The van der Waals surface area contributed by atoms with Crippen LogP contribution in [0, 0.1) is 11.8 Å². The fraction of sp³-hybridized carbons (Fsp3) is 0.833. The third-order valence-corrected chi connectivity index (χ3v) is 3.79. The zero-order valence-electron chi connectivity index (χ0n) is 16.9. The molecular formula is C18H32N2O6. The predicted octanol–water partition coefficient (Wildman–Crippen LogP) is 2.56. The van der Waals surface area contributed by atoms with Gasteiger partial charge in [-0.3, -0.25) is 4.79 Å². The Morgan fingerprint density at radius 1 is 0.962 bits per heavy atom. The van der Waals surface area contributed by atoms with Crippen molar-refractivity contribution in [2.24, 2.45) is 11.8 Å². The minimum atomic E-state index is -0.595. The first-order valence-corrected chi connectivity index (χ1v) is 8.82. The molecule has 2 unspecified atom stereocenters. The molecular weight excluding hydrogens is 340 g/mol. The van der Waals surface area contributed by atoms with Crippen LogP contribution in [0.4, 0.5) is 9.59 Å². The van der Waals surface area contributed by atoms with Crippen molar-refractivity contribution in [1.29, 1.82) is 0 Å². The maximum absolute atomic E-state index is 12.3. The van der Waals surface area contributed by atoms with E-state index in [-0.39, 0.29) is 24.2 Å². The highest BCUT2D eigenvalue weighted by molar-refractivity contribution is 5.71. The van der Waals surface area contributed by atoms with E-state index in [0.29, 0.717) is 19.6 Å². The quantitative estimate of drug-likeness (QED) is 0.602. The first kappa shape index (κ1) is 22.1. The summed E-state index contributed by atoms with van der Waals surface area (Å²) in [6, 6.07) is 0. The standard InChI is InChI=1S/C18H32N2O6/c1-17(2,3)25-15(22)19-9-13-11-20(16(23)26-18(4,5)6)10-12(13)8-14(21)24-7/h12-13H,8-11H2,1-7H3,(H,19,22). The first-order valence-electron chi connectivity index (χ1n) is 8.82.